The van der Waals surface area contributed by atoms with E-state index >= 15 is 0 Å². The molecule has 1 aliphatic heterocycles. The summed E-state index contributed by atoms with van der Waals surface area (Å²) in [5, 5.41) is 29.7. The molecule has 1 saturated heterocycles. The lowest BCUT2D eigenvalue weighted by atomic mass is 9.98. The Hall–Kier alpha value is -2.25. The molecular weight excluding hydrogens is 252 g/mol. The fourth-order valence-corrected chi connectivity index (χ4v) is 1.63. The Labute approximate surface area is 99.4 Å². The summed E-state index contributed by atoms with van der Waals surface area (Å²) in [4.78, 5) is 10.9. The number of aromatic hydroxyl groups is 3. The van der Waals surface area contributed by atoms with Gasteiger partial charge in [-0.2, -0.15) is 0 Å². The maximum atomic E-state index is 13.5. The minimum atomic E-state index is -3.45. The summed E-state index contributed by atoms with van der Waals surface area (Å²) in [5.41, 5.74) is -0.410. The molecule has 0 radical (unpaired) electrons. The highest BCUT2D eigenvalue weighted by Gasteiger charge is 2.48. The van der Waals surface area contributed by atoms with Crippen LogP contribution in [0.1, 0.15) is 11.6 Å². The van der Waals surface area contributed by atoms with E-state index in [4.69, 9.17) is 5.11 Å². The molecule has 1 aliphatic rings. The van der Waals surface area contributed by atoms with Crippen molar-refractivity contribution in [1.82, 2.24) is 5.32 Å². The van der Waals surface area contributed by atoms with Gasteiger partial charge in [-0.3, -0.25) is 0 Å². The first kappa shape index (κ1) is 12.2. The summed E-state index contributed by atoms with van der Waals surface area (Å²) < 4.78 is 31.2. The number of amides is 1. The monoisotopic (exact) mass is 261 g/mol. The normalized spacial score (nSPS) is 22.1. The first-order valence-electron chi connectivity index (χ1n) is 4.88. The number of alkyl carbamates (subject to hydrolysis) is 1. The maximum Gasteiger partial charge on any atom is 0.408 e. The number of benzene rings is 1. The summed E-state index contributed by atoms with van der Waals surface area (Å²) in [5.74, 6) is -5.95. The van der Waals surface area contributed by atoms with E-state index in [0.29, 0.717) is 0 Å². The largest absolute Gasteiger partial charge is 0.504 e. The molecule has 1 aromatic rings. The average Bonchev–Trinajstić information content (AvgIpc) is 2.30. The summed E-state index contributed by atoms with van der Waals surface area (Å²) in [7, 11) is 0. The molecule has 18 heavy (non-hydrogen) atoms. The summed E-state index contributed by atoms with van der Waals surface area (Å²) in [6.45, 7) is -1.13. The summed E-state index contributed by atoms with van der Waals surface area (Å²) >= 11 is 0. The zero-order valence-electron chi connectivity index (χ0n) is 8.85. The van der Waals surface area contributed by atoms with Crippen LogP contribution in [0.25, 0.3) is 0 Å². The number of cyclic esters (lactones) is 1. The highest BCUT2D eigenvalue weighted by molar-refractivity contribution is 5.70. The van der Waals surface area contributed by atoms with Crippen LogP contribution in [0.5, 0.6) is 17.2 Å². The zero-order chi connectivity index (χ0) is 13.5. The van der Waals surface area contributed by atoms with Crippen LogP contribution in [-0.4, -0.2) is 33.9 Å². The first-order valence-corrected chi connectivity index (χ1v) is 4.88. The lowest BCUT2D eigenvalue weighted by Gasteiger charge is -2.32. The molecule has 1 atom stereocenters. The number of alkyl halides is 2. The number of hydrogen-bond donors (Lipinski definition) is 4. The van der Waals surface area contributed by atoms with E-state index in [1.807, 2.05) is 5.32 Å². The van der Waals surface area contributed by atoms with Crippen molar-refractivity contribution in [2.75, 3.05) is 6.61 Å². The lowest BCUT2D eigenvalue weighted by molar-refractivity contribution is -0.104. The molecule has 98 valence electrons. The first-order chi connectivity index (χ1) is 8.33. The second kappa shape index (κ2) is 3.90. The standard InChI is InChI=1S/C10H9F2NO5/c11-10(12)3-18-9(17)13-8(10)4-1-2-5(14)7(16)6(4)15/h1-2,8,14-16H,3H2,(H,13,17)/t8-/m1/s1. The molecule has 0 spiro atoms. The second-order valence-corrected chi connectivity index (χ2v) is 3.79. The maximum absolute atomic E-state index is 13.5. The van der Waals surface area contributed by atoms with Gasteiger partial charge in [0.1, 0.15) is 6.04 Å². The molecule has 0 unspecified atom stereocenters. The molecule has 1 amide bonds. The van der Waals surface area contributed by atoms with Crippen molar-refractivity contribution in [2.24, 2.45) is 0 Å². The Balaban J connectivity index is 2.47. The number of phenolic OH excluding ortho intramolecular Hbond substituents is 3. The fourth-order valence-electron chi connectivity index (χ4n) is 1.63. The highest BCUT2D eigenvalue weighted by atomic mass is 19.3. The van der Waals surface area contributed by atoms with Gasteiger partial charge < -0.3 is 25.4 Å². The van der Waals surface area contributed by atoms with Crippen LogP contribution < -0.4 is 5.32 Å². The van der Waals surface area contributed by atoms with Crippen molar-refractivity contribution >= 4 is 6.09 Å². The Morgan fingerprint density at radius 3 is 2.61 bits per heavy atom. The Bertz CT molecular complexity index is 505. The van der Waals surface area contributed by atoms with E-state index < -0.39 is 47.5 Å². The number of carbonyl (C=O) groups is 1. The van der Waals surface area contributed by atoms with E-state index in [9.17, 15) is 23.8 Å². The molecule has 1 heterocycles. The van der Waals surface area contributed by atoms with Crippen molar-refractivity contribution in [3.63, 3.8) is 0 Å². The number of ether oxygens (including phenoxy) is 1. The molecule has 0 saturated carbocycles. The van der Waals surface area contributed by atoms with Crippen molar-refractivity contribution in [3.8, 4) is 17.2 Å². The van der Waals surface area contributed by atoms with Gasteiger partial charge in [-0.1, -0.05) is 0 Å². The number of rotatable bonds is 1. The molecule has 2 rings (SSSR count). The summed E-state index contributed by atoms with van der Waals surface area (Å²) in [6, 6.07) is 0.0710. The van der Waals surface area contributed by atoms with Crippen LogP contribution in [-0.2, 0) is 4.74 Å². The third-order valence-corrected chi connectivity index (χ3v) is 2.55. The van der Waals surface area contributed by atoms with Crippen molar-refractivity contribution < 1.29 is 33.6 Å². The van der Waals surface area contributed by atoms with E-state index in [-0.39, 0.29) is 0 Å². The summed E-state index contributed by atoms with van der Waals surface area (Å²) in [6.07, 6.45) is -1.06. The Morgan fingerprint density at radius 1 is 1.28 bits per heavy atom. The van der Waals surface area contributed by atoms with Gasteiger partial charge >= 0.3 is 12.0 Å². The van der Waals surface area contributed by atoms with Gasteiger partial charge in [-0.25, -0.2) is 13.6 Å². The van der Waals surface area contributed by atoms with Gasteiger partial charge in [0, 0.05) is 5.56 Å². The van der Waals surface area contributed by atoms with E-state index in [2.05, 4.69) is 4.74 Å². The van der Waals surface area contributed by atoms with Gasteiger partial charge in [0.15, 0.2) is 18.1 Å². The highest BCUT2D eigenvalue weighted by Crippen LogP contribution is 2.44. The second-order valence-electron chi connectivity index (χ2n) is 3.79. The third kappa shape index (κ3) is 1.85. The van der Waals surface area contributed by atoms with E-state index in [1.54, 1.807) is 0 Å². The van der Waals surface area contributed by atoms with Gasteiger partial charge in [-0.15, -0.1) is 0 Å². The Kier molecular flexibility index (Phi) is 2.64. The van der Waals surface area contributed by atoms with Crippen LogP contribution in [0.2, 0.25) is 0 Å². The van der Waals surface area contributed by atoms with Crippen LogP contribution >= 0.6 is 0 Å². The third-order valence-electron chi connectivity index (χ3n) is 2.55. The minimum Gasteiger partial charge on any atom is -0.504 e. The molecule has 4 N–H and O–H groups in total. The van der Waals surface area contributed by atoms with E-state index in [1.165, 1.54) is 0 Å². The van der Waals surface area contributed by atoms with Crippen molar-refractivity contribution in [3.05, 3.63) is 17.7 Å². The molecular formula is C10H9F2NO5. The molecule has 6 nitrogen and oxygen atoms in total. The van der Waals surface area contributed by atoms with Crippen LogP contribution in [0, 0.1) is 0 Å². The fraction of sp³-hybridized carbons (Fsp3) is 0.300. The quantitative estimate of drug-likeness (QED) is 0.570. The molecule has 0 aromatic heterocycles. The molecule has 0 aliphatic carbocycles. The minimum absolute atomic E-state index is 0.410. The van der Waals surface area contributed by atoms with Crippen molar-refractivity contribution in [2.45, 2.75) is 12.0 Å². The predicted molar refractivity (Wildman–Crippen MR) is 53.6 cm³/mol. The topological polar surface area (TPSA) is 99.0 Å². The van der Waals surface area contributed by atoms with Crippen LogP contribution in [0.4, 0.5) is 13.6 Å². The average molecular weight is 261 g/mol. The van der Waals surface area contributed by atoms with Gasteiger partial charge in [-0.05, 0) is 12.1 Å². The number of nitrogens with one attached hydrogen (secondary N) is 1. The number of carbonyl (C=O) groups excluding carboxylic acids is 1. The van der Waals surface area contributed by atoms with Crippen LogP contribution in [0.3, 0.4) is 0 Å². The molecule has 1 fully saturated rings. The zero-order valence-corrected chi connectivity index (χ0v) is 8.85. The number of phenols is 3. The lowest BCUT2D eigenvalue weighted by Crippen LogP contribution is -2.49. The van der Waals surface area contributed by atoms with Gasteiger partial charge in [0.25, 0.3) is 0 Å². The van der Waals surface area contributed by atoms with E-state index in [0.717, 1.165) is 12.1 Å². The van der Waals surface area contributed by atoms with Crippen LogP contribution in [0.15, 0.2) is 12.1 Å². The molecule has 1 aromatic carbocycles. The van der Waals surface area contributed by atoms with Gasteiger partial charge in [0.05, 0.1) is 0 Å². The van der Waals surface area contributed by atoms with Gasteiger partial charge in [0.2, 0.25) is 5.75 Å². The molecule has 8 heteroatoms. The number of hydrogen-bond acceptors (Lipinski definition) is 5. The Morgan fingerprint density at radius 2 is 1.94 bits per heavy atom. The SMILES string of the molecule is O=C1N[C@H](c2ccc(O)c(O)c2O)C(F)(F)CO1. The molecule has 0 bridgehead atoms. The number of halogens is 2. The smallest absolute Gasteiger partial charge is 0.408 e. The van der Waals surface area contributed by atoms with Crippen molar-refractivity contribution in [1.29, 1.82) is 0 Å². The predicted octanol–water partition coefficient (Wildman–Crippen LogP) is 1.22.